The molecular formula is C19H30N4O4S. The highest BCUT2D eigenvalue weighted by Crippen LogP contribution is 2.20. The second-order valence-corrected chi connectivity index (χ2v) is 9.03. The fraction of sp³-hybridized carbons (Fsp3) is 0.579. The van der Waals surface area contributed by atoms with Crippen molar-refractivity contribution >= 4 is 21.8 Å². The molecule has 156 valence electrons. The lowest BCUT2D eigenvalue weighted by Gasteiger charge is -2.36. The van der Waals surface area contributed by atoms with Crippen LogP contribution in [0.5, 0.6) is 0 Å². The van der Waals surface area contributed by atoms with Gasteiger partial charge in [0.05, 0.1) is 16.9 Å². The molecule has 1 saturated heterocycles. The number of amides is 2. The molecule has 2 amide bonds. The summed E-state index contributed by atoms with van der Waals surface area (Å²) in [5.74, 6) is -0.0179. The highest BCUT2D eigenvalue weighted by atomic mass is 32.2. The lowest BCUT2D eigenvalue weighted by atomic mass is 9.95. The number of carbonyl (C=O) groups is 2. The first-order valence-corrected chi connectivity index (χ1v) is 11.0. The van der Waals surface area contributed by atoms with Crippen molar-refractivity contribution in [2.75, 3.05) is 33.7 Å². The second kappa shape index (κ2) is 9.49. The van der Waals surface area contributed by atoms with Gasteiger partial charge in [-0.1, -0.05) is 12.1 Å². The molecule has 0 aromatic heterocycles. The SMILES string of the molecule is CC(C(=O)NCCc1ccc(S(N)(=O)=O)cc1)N1CCCC(C(=O)N(C)C)C1. The largest absolute Gasteiger partial charge is 0.354 e. The third-order valence-electron chi connectivity index (χ3n) is 5.13. The van der Waals surface area contributed by atoms with Gasteiger partial charge < -0.3 is 10.2 Å². The molecule has 0 radical (unpaired) electrons. The first-order valence-electron chi connectivity index (χ1n) is 9.44. The van der Waals surface area contributed by atoms with Crippen LogP contribution in [0, 0.1) is 5.92 Å². The minimum absolute atomic E-state index is 0.0589. The van der Waals surface area contributed by atoms with E-state index in [0.717, 1.165) is 24.9 Å². The van der Waals surface area contributed by atoms with E-state index in [1.165, 1.54) is 12.1 Å². The van der Waals surface area contributed by atoms with E-state index in [1.807, 2.05) is 6.92 Å². The van der Waals surface area contributed by atoms with E-state index in [0.29, 0.717) is 19.5 Å². The van der Waals surface area contributed by atoms with Gasteiger partial charge in [-0.3, -0.25) is 14.5 Å². The number of hydrogen-bond acceptors (Lipinski definition) is 5. The van der Waals surface area contributed by atoms with E-state index >= 15 is 0 Å². The van der Waals surface area contributed by atoms with Gasteiger partial charge in [0.2, 0.25) is 21.8 Å². The molecular weight excluding hydrogens is 380 g/mol. The summed E-state index contributed by atoms with van der Waals surface area (Å²) in [6.07, 6.45) is 2.35. The number of rotatable bonds is 7. The summed E-state index contributed by atoms with van der Waals surface area (Å²) in [5.41, 5.74) is 0.912. The molecule has 0 bridgehead atoms. The molecule has 1 aromatic rings. The van der Waals surface area contributed by atoms with Gasteiger partial charge in [-0.05, 0) is 50.4 Å². The van der Waals surface area contributed by atoms with Gasteiger partial charge in [-0.15, -0.1) is 0 Å². The lowest BCUT2D eigenvalue weighted by molar-refractivity contribution is -0.137. The van der Waals surface area contributed by atoms with Gasteiger partial charge in [0.1, 0.15) is 0 Å². The van der Waals surface area contributed by atoms with Crippen LogP contribution in [0.15, 0.2) is 29.2 Å². The minimum Gasteiger partial charge on any atom is -0.354 e. The third-order valence-corrected chi connectivity index (χ3v) is 6.06. The molecule has 3 N–H and O–H groups in total. The van der Waals surface area contributed by atoms with Gasteiger partial charge in [0, 0.05) is 27.2 Å². The lowest BCUT2D eigenvalue weighted by Crippen LogP contribution is -2.51. The molecule has 1 heterocycles. The molecule has 1 fully saturated rings. The summed E-state index contributed by atoms with van der Waals surface area (Å²) in [5, 5.41) is 8.00. The number of sulfonamides is 1. The topological polar surface area (TPSA) is 113 Å². The van der Waals surface area contributed by atoms with Crippen molar-refractivity contribution in [3.05, 3.63) is 29.8 Å². The smallest absolute Gasteiger partial charge is 0.238 e. The Morgan fingerprint density at radius 2 is 1.93 bits per heavy atom. The van der Waals surface area contributed by atoms with Crippen LogP contribution in [0.2, 0.25) is 0 Å². The zero-order chi connectivity index (χ0) is 20.9. The fourth-order valence-corrected chi connectivity index (χ4v) is 3.93. The summed E-state index contributed by atoms with van der Waals surface area (Å²) in [6.45, 7) is 3.71. The summed E-state index contributed by atoms with van der Waals surface area (Å²) >= 11 is 0. The second-order valence-electron chi connectivity index (χ2n) is 7.47. The van der Waals surface area contributed by atoms with Crippen LogP contribution in [0.1, 0.15) is 25.3 Å². The maximum absolute atomic E-state index is 12.5. The number of nitrogens with zero attached hydrogens (tertiary/aromatic N) is 2. The molecule has 2 unspecified atom stereocenters. The number of piperidine rings is 1. The Balaban J connectivity index is 1.83. The minimum atomic E-state index is -3.70. The third kappa shape index (κ3) is 6.02. The van der Waals surface area contributed by atoms with Crippen LogP contribution in [-0.4, -0.2) is 69.8 Å². The van der Waals surface area contributed by atoms with Crippen molar-refractivity contribution in [3.8, 4) is 0 Å². The van der Waals surface area contributed by atoms with Crippen molar-refractivity contribution in [2.24, 2.45) is 11.1 Å². The Bertz CT molecular complexity index is 793. The van der Waals surface area contributed by atoms with Gasteiger partial charge in [0.15, 0.2) is 0 Å². The molecule has 0 spiro atoms. The van der Waals surface area contributed by atoms with Gasteiger partial charge >= 0.3 is 0 Å². The first-order chi connectivity index (χ1) is 13.1. The Morgan fingerprint density at radius 1 is 1.29 bits per heavy atom. The maximum Gasteiger partial charge on any atom is 0.238 e. The van der Waals surface area contributed by atoms with Crippen molar-refractivity contribution < 1.29 is 18.0 Å². The Morgan fingerprint density at radius 3 is 2.50 bits per heavy atom. The molecule has 0 saturated carbocycles. The maximum atomic E-state index is 12.5. The predicted octanol–water partition coefficient (Wildman–Crippen LogP) is 0.181. The predicted molar refractivity (Wildman–Crippen MR) is 107 cm³/mol. The summed E-state index contributed by atoms with van der Waals surface area (Å²) in [7, 11) is -0.182. The van der Waals surface area contributed by atoms with Crippen molar-refractivity contribution in [3.63, 3.8) is 0 Å². The Labute approximate surface area is 167 Å². The first kappa shape index (κ1) is 22.3. The molecule has 28 heavy (non-hydrogen) atoms. The molecule has 2 atom stereocenters. The fourth-order valence-electron chi connectivity index (χ4n) is 3.41. The average Bonchev–Trinajstić information content (AvgIpc) is 2.66. The zero-order valence-corrected chi connectivity index (χ0v) is 17.5. The monoisotopic (exact) mass is 410 g/mol. The van der Waals surface area contributed by atoms with Crippen molar-refractivity contribution in [1.82, 2.24) is 15.1 Å². The number of likely N-dealkylation sites (tertiary alicyclic amines) is 1. The summed E-state index contributed by atoms with van der Waals surface area (Å²) in [6, 6.07) is 6.01. The van der Waals surface area contributed by atoms with E-state index in [1.54, 1.807) is 31.1 Å². The Kier molecular flexibility index (Phi) is 7.56. The van der Waals surface area contributed by atoms with E-state index in [-0.39, 0.29) is 28.7 Å². The number of carbonyl (C=O) groups excluding carboxylic acids is 2. The van der Waals surface area contributed by atoms with Gasteiger partial charge in [-0.2, -0.15) is 0 Å². The quantitative estimate of drug-likeness (QED) is 0.666. The molecule has 9 heteroatoms. The van der Waals surface area contributed by atoms with Crippen LogP contribution < -0.4 is 10.5 Å². The molecule has 2 rings (SSSR count). The molecule has 8 nitrogen and oxygen atoms in total. The van der Waals surface area contributed by atoms with Crippen molar-refractivity contribution in [2.45, 2.75) is 37.1 Å². The number of nitrogens with two attached hydrogens (primary N) is 1. The summed E-state index contributed by atoms with van der Waals surface area (Å²) < 4.78 is 22.5. The molecule has 1 aromatic carbocycles. The normalized spacial score (nSPS) is 19.1. The number of hydrogen-bond donors (Lipinski definition) is 2. The number of benzene rings is 1. The summed E-state index contributed by atoms with van der Waals surface area (Å²) in [4.78, 5) is 28.4. The number of primary sulfonamides is 1. The van der Waals surface area contributed by atoms with Gasteiger partial charge in [0.25, 0.3) is 0 Å². The van der Waals surface area contributed by atoms with Gasteiger partial charge in [-0.25, -0.2) is 13.6 Å². The van der Waals surface area contributed by atoms with Crippen molar-refractivity contribution in [1.29, 1.82) is 0 Å². The molecule has 1 aliphatic rings. The van der Waals surface area contributed by atoms with Crippen LogP contribution in [-0.2, 0) is 26.0 Å². The van der Waals surface area contributed by atoms with Crippen LogP contribution in [0.25, 0.3) is 0 Å². The zero-order valence-electron chi connectivity index (χ0n) is 16.7. The van der Waals surface area contributed by atoms with Crippen LogP contribution >= 0.6 is 0 Å². The van der Waals surface area contributed by atoms with Crippen LogP contribution in [0.3, 0.4) is 0 Å². The molecule has 1 aliphatic heterocycles. The van der Waals surface area contributed by atoms with E-state index in [9.17, 15) is 18.0 Å². The van der Waals surface area contributed by atoms with E-state index < -0.39 is 10.0 Å². The molecule has 0 aliphatic carbocycles. The Hall–Kier alpha value is -1.97. The highest BCUT2D eigenvalue weighted by molar-refractivity contribution is 7.89. The van der Waals surface area contributed by atoms with E-state index in [4.69, 9.17) is 5.14 Å². The van der Waals surface area contributed by atoms with Crippen LogP contribution in [0.4, 0.5) is 0 Å². The number of nitrogens with one attached hydrogen (secondary N) is 1. The van der Waals surface area contributed by atoms with E-state index in [2.05, 4.69) is 10.2 Å². The standard InChI is InChI=1S/C19H30N4O4S/c1-14(23-12-4-5-16(13-23)19(25)22(2)3)18(24)21-11-10-15-6-8-17(9-7-15)28(20,26)27/h6-9,14,16H,4-5,10-13H2,1-3H3,(H,21,24)(H2,20,26,27). The average molecular weight is 411 g/mol. The highest BCUT2D eigenvalue weighted by Gasteiger charge is 2.31.